The quantitative estimate of drug-likeness (QED) is 0.577. The van der Waals surface area contributed by atoms with Crippen molar-refractivity contribution in [1.29, 1.82) is 0 Å². The van der Waals surface area contributed by atoms with Crippen LogP contribution in [0.2, 0.25) is 0 Å². The lowest BCUT2D eigenvalue weighted by Crippen LogP contribution is -2.27. The molecule has 2 N–H and O–H groups in total. The van der Waals surface area contributed by atoms with E-state index in [0.717, 1.165) is 54.0 Å². The van der Waals surface area contributed by atoms with Crippen LogP contribution in [0.25, 0.3) is 27.9 Å². The lowest BCUT2D eigenvalue weighted by molar-refractivity contribution is 0.454. The summed E-state index contributed by atoms with van der Waals surface area (Å²) in [5.41, 5.74) is 5.87. The van der Waals surface area contributed by atoms with Crippen LogP contribution in [0.3, 0.4) is 0 Å². The molecular formula is C21H21N5O. The van der Waals surface area contributed by atoms with E-state index in [1.165, 1.54) is 0 Å². The third-order valence-corrected chi connectivity index (χ3v) is 5.33. The first kappa shape index (κ1) is 16.2. The van der Waals surface area contributed by atoms with Gasteiger partial charge in [0.15, 0.2) is 5.43 Å². The minimum Gasteiger partial charge on any atom is -0.344 e. The summed E-state index contributed by atoms with van der Waals surface area (Å²) in [5, 5.41) is 3.39. The molecule has 27 heavy (non-hydrogen) atoms. The Bertz CT molecular complexity index is 1200. The Hall–Kier alpha value is -2.99. The maximum Gasteiger partial charge on any atom is 0.193 e. The van der Waals surface area contributed by atoms with Crippen molar-refractivity contribution >= 4 is 16.7 Å². The van der Waals surface area contributed by atoms with Gasteiger partial charge in [-0.15, -0.1) is 0 Å². The van der Waals surface area contributed by atoms with E-state index in [4.69, 9.17) is 9.97 Å². The van der Waals surface area contributed by atoms with Crippen LogP contribution in [0.4, 0.5) is 0 Å². The molecule has 0 amide bonds. The third kappa shape index (κ3) is 2.92. The number of nitrogens with zero attached hydrogens (tertiary/aromatic N) is 3. The van der Waals surface area contributed by atoms with Crippen molar-refractivity contribution in [2.75, 3.05) is 13.1 Å². The molecule has 4 aromatic rings. The predicted molar refractivity (Wildman–Crippen MR) is 106 cm³/mol. The zero-order chi connectivity index (χ0) is 18.4. The third-order valence-electron chi connectivity index (χ3n) is 5.33. The van der Waals surface area contributed by atoms with Crippen LogP contribution < -0.4 is 10.7 Å². The summed E-state index contributed by atoms with van der Waals surface area (Å²) in [6.45, 7) is 4.07. The van der Waals surface area contributed by atoms with Crippen LogP contribution in [0.5, 0.6) is 0 Å². The minimum absolute atomic E-state index is 0.0389. The smallest absolute Gasteiger partial charge is 0.193 e. The van der Waals surface area contributed by atoms with Gasteiger partial charge < -0.3 is 14.7 Å². The van der Waals surface area contributed by atoms with Crippen molar-refractivity contribution in [3.63, 3.8) is 0 Å². The van der Waals surface area contributed by atoms with Crippen molar-refractivity contribution in [3.05, 3.63) is 64.3 Å². The fourth-order valence-electron chi connectivity index (χ4n) is 3.91. The van der Waals surface area contributed by atoms with Gasteiger partial charge in [-0.05, 0) is 57.1 Å². The van der Waals surface area contributed by atoms with Gasteiger partial charge in [-0.3, -0.25) is 9.78 Å². The summed E-state index contributed by atoms with van der Waals surface area (Å²) < 4.78 is 1.93. The molecule has 0 saturated carbocycles. The summed E-state index contributed by atoms with van der Waals surface area (Å²) in [7, 11) is 0. The highest BCUT2D eigenvalue weighted by Crippen LogP contribution is 2.26. The second-order valence-electron chi connectivity index (χ2n) is 7.28. The van der Waals surface area contributed by atoms with E-state index in [9.17, 15) is 4.79 Å². The van der Waals surface area contributed by atoms with Crippen molar-refractivity contribution in [1.82, 2.24) is 24.7 Å². The number of aromatic amines is 1. The Morgan fingerprint density at radius 3 is 2.67 bits per heavy atom. The topological polar surface area (TPSA) is 75.1 Å². The SMILES string of the molecule is Cc1cn2cc(-c3ccc4nc(C5CCNCC5)ccc4n3)c(=O)cc2[nH]1. The number of piperidine rings is 1. The predicted octanol–water partition coefficient (Wildman–Crippen LogP) is 3.01. The van der Waals surface area contributed by atoms with Crippen LogP contribution in [-0.2, 0) is 0 Å². The Morgan fingerprint density at radius 1 is 1.04 bits per heavy atom. The normalized spacial score (nSPS) is 15.6. The van der Waals surface area contributed by atoms with Crippen LogP contribution in [0.15, 0.2) is 47.5 Å². The summed E-state index contributed by atoms with van der Waals surface area (Å²) in [6.07, 6.45) is 6.05. The lowest BCUT2D eigenvalue weighted by Gasteiger charge is -2.22. The van der Waals surface area contributed by atoms with Gasteiger partial charge in [0.25, 0.3) is 0 Å². The Labute approximate surface area is 156 Å². The molecule has 1 fully saturated rings. The van der Waals surface area contributed by atoms with Crippen molar-refractivity contribution in [3.8, 4) is 11.3 Å². The van der Waals surface area contributed by atoms with Gasteiger partial charge in [-0.1, -0.05) is 0 Å². The van der Waals surface area contributed by atoms with Crippen molar-refractivity contribution in [2.45, 2.75) is 25.7 Å². The van der Waals surface area contributed by atoms with E-state index in [1.807, 2.05) is 41.9 Å². The average molecular weight is 359 g/mol. The highest BCUT2D eigenvalue weighted by molar-refractivity contribution is 5.78. The number of H-pyrrole nitrogens is 1. The van der Waals surface area contributed by atoms with Gasteiger partial charge in [-0.25, -0.2) is 4.98 Å². The van der Waals surface area contributed by atoms with Crippen LogP contribution in [0, 0.1) is 6.92 Å². The molecule has 5 rings (SSSR count). The summed E-state index contributed by atoms with van der Waals surface area (Å²) in [6, 6.07) is 9.59. The lowest BCUT2D eigenvalue weighted by atomic mass is 9.94. The number of fused-ring (bicyclic) bond motifs is 2. The fourth-order valence-corrected chi connectivity index (χ4v) is 3.91. The van der Waals surface area contributed by atoms with Crippen molar-refractivity contribution < 1.29 is 0 Å². The number of aromatic nitrogens is 4. The molecule has 1 saturated heterocycles. The van der Waals surface area contributed by atoms with E-state index < -0.39 is 0 Å². The molecule has 0 aliphatic carbocycles. The van der Waals surface area contributed by atoms with Crippen LogP contribution >= 0.6 is 0 Å². The van der Waals surface area contributed by atoms with Gasteiger partial charge in [0.05, 0.1) is 22.3 Å². The summed E-state index contributed by atoms with van der Waals surface area (Å²) in [5.74, 6) is 0.513. The molecule has 5 heterocycles. The van der Waals surface area contributed by atoms with Gasteiger partial charge in [-0.2, -0.15) is 0 Å². The molecule has 0 aromatic carbocycles. The molecule has 0 unspecified atom stereocenters. The van der Waals surface area contributed by atoms with E-state index in [-0.39, 0.29) is 5.43 Å². The summed E-state index contributed by atoms with van der Waals surface area (Å²) in [4.78, 5) is 25.3. The molecule has 0 spiro atoms. The maximum atomic E-state index is 12.5. The number of rotatable bonds is 2. The summed E-state index contributed by atoms with van der Waals surface area (Å²) >= 11 is 0. The first-order chi connectivity index (χ1) is 13.2. The molecule has 1 aliphatic heterocycles. The van der Waals surface area contributed by atoms with E-state index >= 15 is 0 Å². The highest BCUT2D eigenvalue weighted by Gasteiger charge is 2.17. The number of nitrogens with one attached hydrogen (secondary N) is 2. The van der Waals surface area contributed by atoms with E-state index in [2.05, 4.69) is 16.4 Å². The van der Waals surface area contributed by atoms with Gasteiger partial charge in [0.2, 0.25) is 0 Å². The average Bonchev–Trinajstić information content (AvgIpc) is 3.06. The fraction of sp³-hybridized carbons (Fsp3) is 0.286. The molecular weight excluding hydrogens is 338 g/mol. The first-order valence-electron chi connectivity index (χ1n) is 9.38. The highest BCUT2D eigenvalue weighted by atomic mass is 16.1. The number of aryl methyl sites for hydroxylation is 1. The zero-order valence-corrected chi connectivity index (χ0v) is 15.2. The zero-order valence-electron chi connectivity index (χ0n) is 15.2. The van der Waals surface area contributed by atoms with Gasteiger partial charge in [0, 0.05) is 35.8 Å². The standard InChI is InChI=1S/C21H21N5O/c1-13-11-26-12-15(20(27)10-21(26)23-13)17-3-5-18-19(25-17)4-2-16(24-18)14-6-8-22-9-7-14/h2-5,10-12,14,22-23H,6-9H2,1H3. The molecule has 0 bridgehead atoms. The number of imidazole rings is 1. The molecule has 0 atom stereocenters. The number of hydrogen-bond acceptors (Lipinski definition) is 4. The molecule has 0 radical (unpaired) electrons. The van der Waals surface area contributed by atoms with Crippen LogP contribution in [-0.4, -0.2) is 32.4 Å². The Balaban J connectivity index is 1.56. The van der Waals surface area contributed by atoms with Gasteiger partial charge >= 0.3 is 0 Å². The molecule has 4 aromatic heterocycles. The molecule has 1 aliphatic rings. The monoisotopic (exact) mass is 359 g/mol. The van der Waals surface area contributed by atoms with E-state index in [0.29, 0.717) is 17.2 Å². The number of hydrogen-bond donors (Lipinski definition) is 2. The Morgan fingerprint density at radius 2 is 1.81 bits per heavy atom. The minimum atomic E-state index is -0.0389. The van der Waals surface area contributed by atoms with Crippen LogP contribution in [0.1, 0.15) is 30.1 Å². The second kappa shape index (κ2) is 6.32. The van der Waals surface area contributed by atoms with Gasteiger partial charge in [0.1, 0.15) is 5.65 Å². The largest absolute Gasteiger partial charge is 0.344 e. The van der Waals surface area contributed by atoms with Crippen molar-refractivity contribution in [2.24, 2.45) is 0 Å². The second-order valence-corrected chi connectivity index (χ2v) is 7.28. The number of pyridine rings is 3. The molecule has 6 heteroatoms. The first-order valence-corrected chi connectivity index (χ1v) is 9.38. The Kier molecular flexibility index (Phi) is 3.79. The maximum absolute atomic E-state index is 12.5. The van der Waals surface area contributed by atoms with E-state index in [1.54, 1.807) is 6.07 Å². The molecule has 136 valence electrons. The molecule has 6 nitrogen and oxygen atoms in total.